The highest BCUT2D eigenvalue weighted by molar-refractivity contribution is 5.95. The van der Waals surface area contributed by atoms with Crippen LogP contribution in [0.1, 0.15) is 12.2 Å². The van der Waals surface area contributed by atoms with Crippen LogP contribution in [0.25, 0.3) is 10.9 Å². The maximum absolute atomic E-state index is 12.3. The molecule has 104 valence electrons. The molecule has 0 aliphatic carbocycles. The minimum absolute atomic E-state index is 0.183. The summed E-state index contributed by atoms with van der Waals surface area (Å²) < 4.78 is 5.70. The monoisotopic (exact) mass is 274 g/mol. The lowest BCUT2D eigenvalue weighted by molar-refractivity contribution is -0.143. The molecule has 2 aromatic rings. The van der Waals surface area contributed by atoms with Gasteiger partial charge < -0.3 is 4.74 Å². The zero-order chi connectivity index (χ0) is 14.7. The second-order valence-electron chi connectivity index (χ2n) is 4.36. The van der Waals surface area contributed by atoms with Gasteiger partial charge in [0.05, 0.1) is 24.6 Å². The number of methoxy groups -OCH3 is 1. The van der Waals surface area contributed by atoms with Crippen molar-refractivity contribution in [1.82, 2.24) is 9.55 Å². The molecule has 0 saturated heterocycles. The minimum Gasteiger partial charge on any atom is -0.469 e. The third-order valence-corrected chi connectivity index (χ3v) is 2.96. The number of ketones is 1. The molecule has 1 aromatic carbocycles. The van der Waals surface area contributed by atoms with Crippen LogP contribution < -0.4 is 5.56 Å². The van der Waals surface area contributed by atoms with E-state index in [1.165, 1.54) is 11.7 Å². The van der Waals surface area contributed by atoms with Gasteiger partial charge in [-0.05, 0) is 19.1 Å². The lowest BCUT2D eigenvalue weighted by Crippen LogP contribution is -2.28. The van der Waals surface area contributed by atoms with E-state index in [9.17, 15) is 14.4 Å². The summed E-state index contributed by atoms with van der Waals surface area (Å²) in [6.07, 6.45) is -0.352. The Balaban J connectivity index is 2.37. The first-order valence-corrected chi connectivity index (χ1v) is 6.07. The van der Waals surface area contributed by atoms with Gasteiger partial charge in [-0.25, -0.2) is 4.98 Å². The summed E-state index contributed by atoms with van der Waals surface area (Å²) in [6.45, 7) is 1.47. The predicted molar refractivity (Wildman–Crippen MR) is 72.4 cm³/mol. The molecule has 0 bridgehead atoms. The molecule has 0 atom stereocenters. The Morgan fingerprint density at radius 1 is 1.30 bits per heavy atom. The number of esters is 1. The fraction of sp³-hybridized carbons (Fsp3) is 0.286. The third-order valence-electron chi connectivity index (χ3n) is 2.96. The van der Waals surface area contributed by atoms with Gasteiger partial charge in [0.1, 0.15) is 12.2 Å². The van der Waals surface area contributed by atoms with Crippen LogP contribution >= 0.6 is 0 Å². The van der Waals surface area contributed by atoms with Gasteiger partial charge in [-0.1, -0.05) is 12.1 Å². The number of para-hydroxylation sites is 1. The number of carbonyl (C=O) groups is 2. The number of nitrogens with zero attached hydrogens (tertiary/aromatic N) is 2. The Kier molecular flexibility index (Phi) is 3.93. The lowest BCUT2D eigenvalue weighted by Gasteiger charge is -2.09. The average Bonchev–Trinajstić information content (AvgIpc) is 2.43. The molecule has 0 fully saturated rings. The highest BCUT2D eigenvalue weighted by Crippen LogP contribution is 2.07. The third kappa shape index (κ3) is 2.74. The largest absolute Gasteiger partial charge is 0.469 e. The Bertz CT molecular complexity index is 734. The second kappa shape index (κ2) is 5.64. The van der Waals surface area contributed by atoms with Crippen LogP contribution in [0.4, 0.5) is 0 Å². The molecule has 2 rings (SSSR count). The Labute approximate surface area is 115 Å². The SMILES string of the molecule is COC(=O)CC(=O)Cn1c(C)nc2ccccc2c1=O. The molecule has 0 N–H and O–H groups in total. The van der Waals surface area contributed by atoms with Crippen LogP contribution in [0.15, 0.2) is 29.1 Å². The van der Waals surface area contributed by atoms with Crippen molar-refractivity contribution in [2.75, 3.05) is 7.11 Å². The maximum Gasteiger partial charge on any atom is 0.313 e. The van der Waals surface area contributed by atoms with Crippen molar-refractivity contribution in [3.8, 4) is 0 Å². The fourth-order valence-corrected chi connectivity index (χ4v) is 1.93. The van der Waals surface area contributed by atoms with Crippen molar-refractivity contribution in [3.05, 3.63) is 40.4 Å². The number of carbonyl (C=O) groups excluding carboxylic acids is 2. The number of rotatable bonds is 4. The topological polar surface area (TPSA) is 78.3 Å². The average molecular weight is 274 g/mol. The predicted octanol–water partition coefficient (Wildman–Crippen LogP) is 0.837. The van der Waals surface area contributed by atoms with E-state index in [2.05, 4.69) is 9.72 Å². The van der Waals surface area contributed by atoms with Crippen molar-refractivity contribution >= 4 is 22.7 Å². The van der Waals surface area contributed by atoms with E-state index in [-0.39, 0.29) is 24.3 Å². The van der Waals surface area contributed by atoms with Crippen molar-refractivity contribution in [1.29, 1.82) is 0 Å². The number of ether oxygens (including phenoxy) is 1. The van der Waals surface area contributed by atoms with Crippen LogP contribution in [-0.4, -0.2) is 28.4 Å². The molecule has 0 spiro atoms. The molecule has 0 saturated carbocycles. The van der Waals surface area contributed by atoms with Gasteiger partial charge in [0.2, 0.25) is 0 Å². The van der Waals surface area contributed by atoms with Gasteiger partial charge in [-0.2, -0.15) is 0 Å². The molecular formula is C14H14N2O4. The summed E-state index contributed by atoms with van der Waals surface area (Å²) in [5.74, 6) is -0.569. The molecule has 0 aliphatic rings. The zero-order valence-electron chi connectivity index (χ0n) is 11.3. The number of Topliss-reactive ketones (excluding diaryl/α,β-unsaturated/α-hetero) is 1. The zero-order valence-corrected chi connectivity index (χ0v) is 11.3. The second-order valence-corrected chi connectivity index (χ2v) is 4.36. The summed E-state index contributed by atoms with van der Waals surface area (Å²) >= 11 is 0. The van der Waals surface area contributed by atoms with Crippen molar-refractivity contribution in [3.63, 3.8) is 0 Å². The Morgan fingerprint density at radius 3 is 2.70 bits per heavy atom. The van der Waals surface area contributed by atoms with E-state index in [4.69, 9.17) is 0 Å². The van der Waals surface area contributed by atoms with E-state index in [0.717, 1.165) is 0 Å². The van der Waals surface area contributed by atoms with Gasteiger partial charge in [0, 0.05) is 0 Å². The molecule has 0 radical (unpaired) electrons. The highest BCUT2D eigenvalue weighted by Gasteiger charge is 2.14. The van der Waals surface area contributed by atoms with Crippen molar-refractivity contribution in [2.45, 2.75) is 19.9 Å². The summed E-state index contributed by atoms with van der Waals surface area (Å²) in [6, 6.07) is 6.93. The molecule has 0 aliphatic heterocycles. The molecule has 6 heteroatoms. The first-order chi connectivity index (χ1) is 9.52. The van der Waals surface area contributed by atoms with E-state index in [0.29, 0.717) is 16.7 Å². The standard InChI is InChI=1S/C14H14N2O4/c1-9-15-12-6-4-3-5-11(12)14(19)16(9)8-10(17)7-13(18)20-2/h3-6H,7-8H2,1-2H3. The molecule has 6 nitrogen and oxygen atoms in total. The molecule has 1 aromatic heterocycles. The van der Waals surface area contributed by atoms with Crippen LogP contribution in [0.2, 0.25) is 0 Å². The van der Waals surface area contributed by atoms with E-state index >= 15 is 0 Å². The quantitative estimate of drug-likeness (QED) is 0.609. The van der Waals surface area contributed by atoms with Crippen LogP contribution in [0.3, 0.4) is 0 Å². The van der Waals surface area contributed by atoms with Gasteiger partial charge >= 0.3 is 5.97 Å². The van der Waals surface area contributed by atoms with Crippen LogP contribution in [0, 0.1) is 6.92 Å². The summed E-state index contributed by atoms with van der Waals surface area (Å²) in [5.41, 5.74) is 0.304. The highest BCUT2D eigenvalue weighted by atomic mass is 16.5. The summed E-state index contributed by atoms with van der Waals surface area (Å²) in [4.78, 5) is 39.4. The van der Waals surface area contributed by atoms with Gasteiger partial charge in [0.25, 0.3) is 5.56 Å². The number of fused-ring (bicyclic) bond motifs is 1. The number of hydrogen-bond donors (Lipinski definition) is 0. The smallest absolute Gasteiger partial charge is 0.313 e. The van der Waals surface area contributed by atoms with Crippen LogP contribution in [0.5, 0.6) is 0 Å². The van der Waals surface area contributed by atoms with E-state index in [1.54, 1.807) is 31.2 Å². The summed E-state index contributed by atoms with van der Waals surface area (Å²) in [7, 11) is 1.21. The lowest BCUT2D eigenvalue weighted by atomic mass is 10.2. The first-order valence-electron chi connectivity index (χ1n) is 6.07. The molecule has 1 heterocycles. The molecule has 20 heavy (non-hydrogen) atoms. The Hall–Kier alpha value is -2.50. The Morgan fingerprint density at radius 2 is 2.00 bits per heavy atom. The number of hydrogen-bond acceptors (Lipinski definition) is 5. The number of aryl methyl sites for hydroxylation is 1. The van der Waals surface area contributed by atoms with Crippen LogP contribution in [-0.2, 0) is 20.9 Å². The molecule has 0 amide bonds. The van der Waals surface area contributed by atoms with Gasteiger partial charge in [0.15, 0.2) is 5.78 Å². The normalized spacial score (nSPS) is 10.5. The van der Waals surface area contributed by atoms with Crippen molar-refractivity contribution in [2.24, 2.45) is 0 Å². The van der Waals surface area contributed by atoms with Crippen molar-refractivity contribution < 1.29 is 14.3 Å². The molecular weight excluding hydrogens is 260 g/mol. The molecule has 0 unspecified atom stereocenters. The maximum atomic E-state index is 12.3. The van der Waals surface area contributed by atoms with E-state index < -0.39 is 5.97 Å². The van der Waals surface area contributed by atoms with Gasteiger partial charge in [-0.3, -0.25) is 19.0 Å². The van der Waals surface area contributed by atoms with Gasteiger partial charge in [-0.15, -0.1) is 0 Å². The number of benzene rings is 1. The minimum atomic E-state index is -0.616. The van der Waals surface area contributed by atoms with E-state index in [1.807, 2.05) is 0 Å². The number of aromatic nitrogens is 2. The summed E-state index contributed by atoms with van der Waals surface area (Å²) in [5, 5.41) is 0.448. The fourth-order valence-electron chi connectivity index (χ4n) is 1.93. The first kappa shape index (κ1) is 13.9.